The van der Waals surface area contributed by atoms with Crippen molar-refractivity contribution in [2.75, 3.05) is 13.7 Å². The van der Waals surface area contributed by atoms with E-state index in [0.29, 0.717) is 6.42 Å². The van der Waals surface area contributed by atoms with Crippen molar-refractivity contribution in [3.8, 4) is 0 Å². The summed E-state index contributed by atoms with van der Waals surface area (Å²) in [5.74, 6) is 0.0270. The molecule has 0 aliphatic rings. The molecule has 0 saturated heterocycles. The standard InChI is InChI=1S/C8H9IN2O2/c1-13-4-6(12)2-8-7(9)3-10-5-11-8/h3,5H,2,4H2,1H3. The maximum absolute atomic E-state index is 11.2. The summed E-state index contributed by atoms with van der Waals surface area (Å²) in [6.45, 7) is 0.139. The smallest absolute Gasteiger partial charge is 0.164 e. The highest BCUT2D eigenvalue weighted by molar-refractivity contribution is 14.1. The number of Topliss-reactive ketones (excluding diaryl/α,β-unsaturated/α-hetero) is 1. The Labute approximate surface area is 89.9 Å². The monoisotopic (exact) mass is 292 g/mol. The molecule has 70 valence electrons. The molecular formula is C8H9IN2O2. The minimum Gasteiger partial charge on any atom is -0.377 e. The van der Waals surface area contributed by atoms with Gasteiger partial charge in [-0.1, -0.05) is 0 Å². The second-order valence-electron chi connectivity index (χ2n) is 2.47. The van der Waals surface area contributed by atoms with Crippen LogP contribution in [0.2, 0.25) is 0 Å². The second-order valence-corrected chi connectivity index (χ2v) is 3.63. The zero-order valence-electron chi connectivity index (χ0n) is 7.16. The second kappa shape index (κ2) is 5.23. The Morgan fingerprint density at radius 1 is 1.69 bits per heavy atom. The Bertz CT molecular complexity index is 304. The predicted octanol–water partition coefficient (Wildman–Crippen LogP) is 0.839. The Hall–Kier alpha value is -0.560. The van der Waals surface area contributed by atoms with E-state index in [-0.39, 0.29) is 12.4 Å². The van der Waals surface area contributed by atoms with Crippen molar-refractivity contribution < 1.29 is 9.53 Å². The first-order valence-electron chi connectivity index (χ1n) is 3.69. The van der Waals surface area contributed by atoms with E-state index in [1.165, 1.54) is 13.4 Å². The molecule has 0 radical (unpaired) electrons. The highest BCUT2D eigenvalue weighted by Crippen LogP contribution is 2.07. The fourth-order valence-corrected chi connectivity index (χ4v) is 1.36. The van der Waals surface area contributed by atoms with E-state index in [1.54, 1.807) is 6.20 Å². The SMILES string of the molecule is COCC(=O)Cc1ncncc1I. The lowest BCUT2D eigenvalue weighted by Crippen LogP contribution is -2.11. The highest BCUT2D eigenvalue weighted by atomic mass is 127. The van der Waals surface area contributed by atoms with Gasteiger partial charge in [0.15, 0.2) is 5.78 Å². The van der Waals surface area contributed by atoms with Crippen LogP contribution in [-0.4, -0.2) is 29.5 Å². The van der Waals surface area contributed by atoms with Crippen LogP contribution in [0.15, 0.2) is 12.5 Å². The van der Waals surface area contributed by atoms with E-state index in [2.05, 4.69) is 32.6 Å². The van der Waals surface area contributed by atoms with Gasteiger partial charge in [-0.2, -0.15) is 0 Å². The first kappa shape index (κ1) is 10.5. The third kappa shape index (κ3) is 3.35. The van der Waals surface area contributed by atoms with Crippen molar-refractivity contribution in [3.63, 3.8) is 0 Å². The van der Waals surface area contributed by atoms with Crippen LogP contribution >= 0.6 is 22.6 Å². The largest absolute Gasteiger partial charge is 0.377 e. The number of nitrogens with zero attached hydrogens (tertiary/aromatic N) is 2. The van der Waals surface area contributed by atoms with Gasteiger partial charge in [-0.25, -0.2) is 9.97 Å². The molecule has 0 atom stereocenters. The normalized spacial score (nSPS) is 10.0. The molecule has 0 fully saturated rings. The Balaban J connectivity index is 2.63. The number of ether oxygens (including phenoxy) is 1. The number of carbonyl (C=O) groups excluding carboxylic acids is 1. The summed E-state index contributed by atoms with van der Waals surface area (Å²) in [6.07, 6.45) is 3.44. The zero-order valence-corrected chi connectivity index (χ0v) is 9.32. The van der Waals surface area contributed by atoms with Gasteiger partial charge in [0, 0.05) is 13.3 Å². The molecule has 0 aliphatic heterocycles. The van der Waals surface area contributed by atoms with E-state index in [1.807, 2.05) is 0 Å². The Morgan fingerprint density at radius 2 is 2.46 bits per heavy atom. The van der Waals surface area contributed by atoms with Crippen LogP contribution in [0.1, 0.15) is 5.69 Å². The van der Waals surface area contributed by atoms with Gasteiger partial charge in [0.2, 0.25) is 0 Å². The highest BCUT2D eigenvalue weighted by Gasteiger charge is 2.07. The molecule has 1 aromatic heterocycles. The van der Waals surface area contributed by atoms with Crippen LogP contribution in [-0.2, 0) is 16.0 Å². The molecule has 13 heavy (non-hydrogen) atoms. The molecule has 0 aromatic carbocycles. The van der Waals surface area contributed by atoms with Crippen LogP contribution in [0.5, 0.6) is 0 Å². The summed E-state index contributed by atoms with van der Waals surface area (Å²) in [5.41, 5.74) is 0.762. The van der Waals surface area contributed by atoms with E-state index in [9.17, 15) is 4.79 Å². The molecule has 0 unspecified atom stereocenters. The fraction of sp³-hybridized carbons (Fsp3) is 0.375. The Kier molecular flexibility index (Phi) is 4.23. The minimum atomic E-state index is 0.0270. The molecule has 0 aliphatic carbocycles. The van der Waals surface area contributed by atoms with Gasteiger partial charge in [-0.3, -0.25) is 4.79 Å². The van der Waals surface area contributed by atoms with Crippen LogP contribution in [0.25, 0.3) is 0 Å². The molecule has 0 spiro atoms. The summed E-state index contributed by atoms with van der Waals surface area (Å²) in [5, 5.41) is 0. The van der Waals surface area contributed by atoms with Gasteiger partial charge in [0.05, 0.1) is 15.7 Å². The van der Waals surface area contributed by atoms with Gasteiger partial charge < -0.3 is 4.74 Å². The quantitative estimate of drug-likeness (QED) is 0.772. The van der Waals surface area contributed by atoms with E-state index >= 15 is 0 Å². The fourth-order valence-electron chi connectivity index (χ4n) is 0.867. The topological polar surface area (TPSA) is 52.1 Å². The van der Waals surface area contributed by atoms with Crippen molar-refractivity contribution in [2.24, 2.45) is 0 Å². The summed E-state index contributed by atoms with van der Waals surface area (Å²) in [4.78, 5) is 19.0. The van der Waals surface area contributed by atoms with Crippen LogP contribution in [0, 0.1) is 3.57 Å². The lowest BCUT2D eigenvalue weighted by Gasteiger charge is -2.00. The van der Waals surface area contributed by atoms with Crippen LogP contribution in [0.4, 0.5) is 0 Å². The van der Waals surface area contributed by atoms with Gasteiger partial charge in [-0.15, -0.1) is 0 Å². The number of hydrogen-bond donors (Lipinski definition) is 0. The summed E-state index contributed by atoms with van der Waals surface area (Å²) in [7, 11) is 1.50. The number of carbonyl (C=O) groups is 1. The van der Waals surface area contributed by atoms with Crippen molar-refractivity contribution in [2.45, 2.75) is 6.42 Å². The lowest BCUT2D eigenvalue weighted by molar-refractivity contribution is -0.122. The number of aromatic nitrogens is 2. The molecule has 0 amide bonds. The summed E-state index contributed by atoms with van der Waals surface area (Å²) >= 11 is 2.10. The molecule has 0 bridgehead atoms. The van der Waals surface area contributed by atoms with Crippen molar-refractivity contribution in [1.82, 2.24) is 9.97 Å². The number of rotatable bonds is 4. The van der Waals surface area contributed by atoms with Crippen molar-refractivity contribution in [3.05, 3.63) is 21.8 Å². The van der Waals surface area contributed by atoms with E-state index in [0.717, 1.165) is 9.26 Å². The van der Waals surface area contributed by atoms with Crippen LogP contribution in [0.3, 0.4) is 0 Å². The number of hydrogen-bond acceptors (Lipinski definition) is 4. The molecule has 1 rings (SSSR count). The third-order valence-electron chi connectivity index (χ3n) is 1.41. The third-order valence-corrected chi connectivity index (χ3v) is 2.31. The van der Waals surface area contributed by atoms with Gasteiger partial charge >= 0.3 is 0 Å². The molecule has 5 heteroatoms. The first-order valence-corrected chi connectivity index (χ1v) is 4.77. The van der Waals surface area contributed by atoms with E-state index < -0.39 is 0 Å². The van der Waals surface area contributed by atoms with Gasteiger partial charge in [-0.05, 0) is 22.6 Å². The average molecular weight is 292 g/mol. The average Bonchev–Trinajstić information content (AvgIpc) is 2.09. The minimum absolute atomic E-state index is 0.0270. The maximum Gasteiger partial charge on any atom is 0.164 e. The predicted molar refractivity (Wildman–Crippen MR) is 55.3 cm³/mol. The number of ketones is 1. The molecule has 0 N–H and O–H groups in total. The first-order chi connectivity index (χ1) is 6.24. The molecule has 4 nitrogen and oxygen atoms in total. The number of halogens is 1. The molecule has 1 aromatic rings. The summed E-state index contributed by atoms with van der Waals surface area (Å²) < 4.78 is 5.63. The van der Waals surface area contributed by atoms with Crippen molar-refractivity contribution in [1.29, 1.82) is 0 Å². The van der Waals surface area contributed by atoms with Gasteiger partial charge in [0.1, 0.15) is 12.9 Å². The number of methoxy groups -OCH3 is 1. The Morgan fingerprint density at radius 3 is 3.08 bits per heavy atom. The summed E-state index contributed by atoms with van der Waals surface area (Å²) in [6, 6.07) is 0. The maximum atomic E-state index is 11.2. The van der Waals surface area contributed by atoms with Crippen LogP contribution < -0.4 is 0 Å². The molecule has 0 saturated carbocycles. The molecular weight excluding hydrogens is 283 g/mol. The molecule has 1 heterocycles. The zero-order chi connectivity index (χ0) is 9.68. The lowest BCUT2D eigenvalue weighted by atomic mass is 10.2. The van der Waals surface area contributed by atoms with Crippen molar-refractivity contribution >= 4 is 28.4 Å². The van der Waals surface area contributed by atoms with E-state index in [4.69, 9.17) is 4.74 Å². The van der Waals surface area contributed by atoms with Gasteiger partial charge in [0.25, 0.3) is 0 Å².